The van der Waals surface area contributed by atoms with Crippen molar-refractivity contribution in [3.8, 4) is 11.1 Å². The van der Waals surface area contributed by atoms with Crippen LogP contribution in [-0.4, -0.2) is 45.0 Å². The Bertz CT molecular complexity index is 1340. The van der Waals surface area contributed by atoms with Crippen molar-refractivity contribution in [3.63, 3.8) is 0 Å². The molecule has 174 valence electrons. The van der Waals surface area contributed by atoms with E-state index >= 15 is 0 Å². The second-order valence-corrected chi connectivity index (χ2v) is 8.48. The van der Waals surface area contributed by atoms with Crippen LogP contribution < -0.4 is 5.32 Å². The number of aromatic nitrogens is 3. The van der Waals surface area contributed by atoms with Crippen LogP contribution in [0.3, 0.4) is 0 Å². The number of hydrogen-bond donors (Lipinski definition) is 2. The standard InChI is InChI=1S/C25H22F3N5O/c26-20-3-1-2-4-22(20)30-24(34)23-19-12-17(5-6-21(19)31-32-23)18-11-16(13-29-14-18)15-33-9-7-25(27,28)8-10-33/h1-6,11-14H,7-10,15H2,(H,30,34)(H,31,32). The van der Waals surface area contributed by atoms with Gasteiger partial charge in [0.25, 0.3) is 11.8 Å². The van der Waals surface area contributed by atoms with Crippen molar-refractivity contribution in [2.24, 2.45) is 0 Å². The van der Waals surface area contributed by atoms with E-state index in [4.69, 9.17) is 0 Å². The first-order chi connectivity index (χ1) is 16.4. The summed E-state index contributed by atoms with van der Waals surface area (Å²) in [5, 5.41) is 10.1. The molecule has 0 spiro atoms. The molecule has 0 atom stereocenters. The number of likely N-dealkylation sites (tertiary alicyclic amines) is 1. The largest absolute Gasteiger partial charge is 0.318 e. The fourth-order valence-electron chi connectivity index (χ4n) is 4.14. The normalized spacial score (nSPS) is 16.0. The van der Waals surface area contributed by atoms with E-state index in [2.05, 4.69) is 20.5 Å². The summed E-state index contributed by atoms with van der Waals surface area (Å²) in [4.78, 5) is 19.1. The number of rotatable bonds is 5. The number of fused-ring (bicyclic) bond motifs is 1. The van der Waals surface area contributed by atoms with Crippen LogP contribution in [-0.2, 0) is 6.54 Å². The van der Waals surface area contributed by atoms with Crippen molar-refractivity contribution >= 4 is 22.5 Å². The minimum Gasteiger partial charge on any atom is -0.318 e. The molecular formula is C25H22F3N5O. The van der Waals surface area contributed by atoms with Crippen molar-refractivity contribution in [2.45, 2.75) is 25.3 Å². The number of carbonyl (C=O) groups is 1. The number of hydrogen-bond acceptors (Lipinski definition) is 4. The van der Waals surface area contributed by atoms with Crippen LogP contribution in [0.15, 0.2) is 60.9 Å². The highest BCUT2D eigenvalue weighted by atomic mass is 19.3. The second-order valence-electron chi connectivity index (χ2n) is 8.48. The summed E-state index contributed by atoms with van der Waals surface area (Å²) in [6.45, 7) is 1.23. The predicted octanol–water partition coefficient (Wildman–Crippen LogP) is 5.25. The van der Waals surface area contributed by atoms with Crippen molar-refractivity contribution in [1.29, 1.82) is 0 Å². The van der Waals surface area contributed by atoms with Crippen molar-refractivity contribution in [1.82, 2.24) is 20.1 Å². The first kappa shape index (κ1) is 22.1. The van der Waals surface area contributed by atoms with E-state index in [1.54, 1.807) is 24.5 Å². The zero-order valence-electron chi connectivity index (χ0n) is 18.2. The van der Waals surface area contributed by atoms with Crippen molar-refractivity contribution < 1.29 is 18.0 Å². The lowest BCUT2D eigenvalue weighted by molar-refractivity contribution is -0.0566. The molecule has 1 fully saturated rings. The summed E-state index contributed by atoms with van der Waals surface area (Å²) in [6, 6.07) is 13.4. The summed E-state index contributed by atoms with van der Waals surface area (Å²) in [5.41, 5.74) is 3.48. The number of piperidine rings is 1. The Morgan fingerprint density at radius 1 is 1.06 bits per heavy atom. The number of alkyl halides is 2. The first-order valence-electron chi connectivity index (χ1n) is 11.0. The lowest BCUT2D eigenvalue weighted by atomic mass is 10.0. The van der Waals surface area contributed by atoms with Crippen molar-refractivity contribution in [2.75, 3.05) is 18.4 Å². The maximum absolute atomic E-state index is 13.9. The van der Waals surface area contributed by atoms with Crippen LogP contribution in [0.4, 0.5) is 18.9 Å². The van der Waals surface area contributed by atoms with E-state index in [1.807, 2.05) is 29.2 Å². The number of amides is 1. The van der Waals surface area contributed by atoms with Crippen LogP contribution >= 0.6 is 0 Å². The minimum atomic E-state index is -2.58. The summed E-state index contributed by atoms with van der Waals surface area (Å²) in [6.07, 6.45) is 3.19. The lowest BCUT2D eigenvalue weighted by Crippen LogP contribution is -2.38. The Hall–Kier alpha value is -3.72. The van der Waals surface area contributed by atoms with Gasteiger partial charge in [0, 0.05) is 55.8 Å². The molecule has 9 heteroatoms. The number of nitrogens with one attached hydrogen (secondary N) is 2. The number of pyridine rings is 1. The monoisotopic (exact) mass is 465 g/mol. The van der Waals surface area contributed by atoms with E-state index < -0.39 is 17.6 Å². The molecule has 3 heterocycles. The smallest absolute Gasteiger partial charge is 0.276 e. The number of aromatic amines is 1. The Kier molecular flexibility index (Phi) is 5.79. The zero-order chi connectivity index (χ0) is 23.7. The van der Waals surface area contributed by atoms with E-state index in [9.17, 15) is 18.0 Å². The molecule has 6 nitrogen and oxygen atoms in total. The third-order valence-electron chi connectivity index (χ3n) is 6.02. The van der Waals surface area contributed by atoms with E-state index in [-0.39, 0.29) is 24.2 Å². The van der Waals surface area contributed by atoms with Gasteiger partial charge in [-0.3, -0.25) is 19.8 Å². The zero-order valence-corrected chi connectivity index (χ0v) is 18.2. The number of benzene rings is 2. The molecule has 0 aliphatic carbocycles. The van der Waals surface area contributed by atoms with Gasteiger partial charge in [-0.25, -0.2) is 13.2 Å². The molecule has 1 aliphatic rings. The number of carbonyl (C=O) groups excluding carboxylic acids is 1. The molecule has 2 aromatic heterocycles. The maximum atomic E-state index is 13.9. The fourth-order valence-corrected chi connectivity index (χ4v) is 4.14. The molecule has 4 aromatic rings. The van der Waals surface area contributed by atoms with Gasteiger partial charge in [0.1, 0.15) is 5.82 Å². The third-order valence-corrected chi connectivity index (χ3v) is 6.02. The lowest BCUT2D eigenvalue weighted by Gasteiger charge is -2.31. The van der Waals surface area contributed by atoms with E-state index in [0.717, 1.165) is 16.7 Å². The molecule has 34 heavy (non-hydrogen) atoms. The topological polar surface area (TPSA) is 73.9 Å². The van der Waals surface area contributed by atoms with Gasteiger partial charge in [-0.05, 0) is 41.5 Å². The first-order valence-corrected chi connectivity index (χ1v) is 11.0. The van der Waals surface area contributed by atoms with Gasteiger partial charge in [-0.1, -0.05) is 18.2 Å². The summed E-state index contributed by atoms with van der Waals surface area (Å²) < 4.78 is 40.8. The van der Waals surface area contributed by atoms with Gasteiger partial charge in [0.2, 0.25) is 0 Å². The Morgan fingerprint density at radius 3 is 2.65 bits per heavy atom. The summed E-state index contributed by atoms with van der Waals surface area (Å²) >= 11 is 0. The van der Waals surface area contributed by atoms with Crippen LogP contribution in [0, 0.1) is 5.82 Å². The van der Waals surface area contributed by atoms with Gasteiger partial charge in [0.15, 0.2) is 5.69 Å². The quantitative estimate of drug-likeness (QED) is 0.422. The number of H-pyrrole nitrogens is 1. The highest BCUT2D eigenvalue weighted by molar-refractivity contribution is 6.11. The molecule has 0 radical (unpaired) electrons. The van der Waals surface area contributed by atoms with E-state index in [0.29, 0.717) is 30.5 Å². The average molecular weight is 465 g/mol. The number of para-hydroxylation sites is 1. The van der Waals surface area contributed by atoms with Crippen LogP contribution in [0.1, 0.15) is 28.9 Å². The molecule has 0 bridgehead atoms. The number of anilines is 1. The molecule has 0 saturated carbocycles. The van der Waals surface area contributed by atoms with Gasteiger partial charge < -0.3 is 5.32 Å². The SMILES string of the molecule is O=C(Nc1ccccc1F)c1n[nH]c2ccc(-c3cncc(CN4CCC(F)(F)CC4)c3)cc12. The number of nitrogens with zero attached hydrogens (tertiary/aromatic N) is 3. The Labute approximate surface area is 193 Å². The Morgan fingerprint density at radius 2 is 1.85 bits per heavy atom. The van der Waals surface area contributed by atoms with Gasteiger partial charge in [-0.15, -0.1) is 0 Å². The third kappa shape index (κ3) is 4.65. The highest BCUT2D eigenvalue weighted by Gasteiger charge is 2.33. The van der Waals surface area contributed by atoms with Crippen molar-refractivity contribution in [3.05, 3.63) is 78.0 Å². The van der Waals surface area contributed by atoms with Crippen LogP contribution in [0.2, 0.25) is 0 Å². The summed E-state index contributed by atoms with van der Waals surface area (Å²) in [7, 11) is 0. The van der Waals surface area contributed by atoms with Gasteiger partial charge in [0.05, 0.1) is 11.2 Å². The molecule has 1 amide bonds. The maximum Gasteiger partial charge on any atom is 0.276 e. The fraction of sp³-hybridized carbons (Fsp3) is 0.240. The molecule has 1 saturated heterocycles. The van der Waals surface area contributed by atoms with Gasteiger partial charge >= 0.3 is 0 Å². The van der Waals surface area contributed by atoms with Crippen LogP contribution in [0.25, 0.3) is 22.0 Å². The minimum absolute atomic E-state index is 0.0761. The van der Waals surface area contributed by atoms with E-state index in [1.165, 1.54) is 12.1 Å². The molecule has 5 rings (SSSR count). The molecule has 0 unspecified atom stereocenters. The summed E-state index contributed by atoms with van der Waals surface area (Å²) in [5.74, 6) is -3.63. The molecule has 2 aromatic carbocycles. The molecule has 1 aliphatic heterocycles. The predicted molar refractivity (Wildman–Crippen MR) is 123 cm³/mol. The Balaban J connectivity index is 1.38. The molecule has 2 N–H and O–H groups in total. The number of halogens is 3. The average Bonchev–Trinajstić information content (AvgIpc) is 3.26. The second kappa shape index (κ2) is 8.90. The van der Waals surface area contributed by atoms with Crippen LogP contribution in [0.5, 0.6) is 0 Å². The highest BCUT2D eigenvalue weighted by Crippen LogP contribution is 2.30. The molecular weight excluding hydrogens is 443 g/mol. The van der Waals surface area contributed by atoms with Gasteiger partial charge in [-0.2, -0.15) is 5.10 Å².